The van der Waals surface area contributed by atoms with E-state index in [2.05, 4.69) is 55.5 Å². The van der Waals surface area contributed by atoms with Crippen LogP contribution in [0.1, 0.15) is 13.8 Å². The van der Waals surface area contributed by atoms with Gasteiger partial charge in [-0.1, -0.05) is 44.2 Å². The van der Waals surface area contributed by atoms with E-state index in [1.807, 2.05) is 0 Å². The minimum Gasteiger partial charge on any atom is -0.279 e. The van der Waals surface area contributed by atoms with E-state index in [1.54, 1.807) is 0 Å². The summed E-state index contributed by atoms with van der Waals surface area (Å²) >= 11 is 0. The molecule has 1 rings (SSSR count). The average molecular weight is 195 g/mol. The first-order valence-corrected chi connectivity index (χ1v) is 6.57. The van der Waals surface area contributed by atoms with Gasteiger partial charge >= 0.3 is 0 Å². The van der Waals surface area contributed by atoms with Gasteiger partial charge in [0, 0.05) is 0 Å². The van der Waals surface area contributed by atoms with Gasteiger partial charge in [-0.05, 0) is 33.1 Å². The molecule has 13 heavy (non-hydrogen) atoms. The van der Waals surface area contributed by atoms with Gasteiger partial charge in [-0.2, -0.15) is 0 Å². The smallest absolute Gasteiger partial charge is 0.000493 e. The molecule has 72 valence electrons. The lowest BCUT2D eigenvalue weighted by Gasteiger charge is -2.26. The van der Waals surface area contributed by atoms with E-state index < -0.39 is 0 Å². The van der Waals surface area contributed by atoms with Crippen molar-refractivity contribution in [3.05, 3.63) is 30.3 Å². The minimum absolute atomic E-state index is 0.106. The van der Waals surface area contributed by atoms with Gasteiger partial charge in [-0.25, -0.2) is 0 Å². The Morgan fingerprint density at radius 2 is 1.62 bits per heavy atom. The quantitative estimate of drug-likeness (QED) is 0.668. The molecule has 2 heteroatoms. The van der Waals surface area contributed by atoms with Crippen molar-refractivity contribution in [2.75, 3.05) is 19.8 Å². The zero-order chi connectivity index (χ0) is 9.68. The molecule has 0 aliphatic rings. The average Bonchev–Trinajstić information content (AvgIpc) is 2.21. The van der Waals surface area contributed by atoms with Crippen molar-refractivity contribution in [3.63, 3.8) is 0 Å². The normalized spacial score (nSPS) is 13.2. The first kappa shape index (κ1) is 10.7. The molecule has 0 aliphatic heterocycles. The lowest BCUT2D eigenvalue weighted by molar-refractivity contribution is 0.512. The van der Waals surface area contributed by atoms with Gasteiger partial charge in [0.15, 0.2) is 0 Å². The third-order valence-corrected chi connectivity index (χ3v) is 4.74. The van der Waals surface area contributed by atoms with Crippen LogP contribution in [0.4, 0.5) is 0 Å². The van der Waals surface area contributed by atoms with Gasteiger partial charge in [-0.15, -0.1) is 0 Å². The van der Waals surface area contributed by atoms with Crippen LogP contribution in [0.25, 0.3) is 0 Å². The Morgan fingerprint density at radius 3 is 2.08 bits per heavy atom. The van der Waals surface area contributed by atoms with Crippen molar-refractivity contribution in [3.8, 4) is 0 Å². The first-order valence-electron chi connectivity index (χ1n) is 4.83. The molecule has 1 unspecified atom stereocenters. The summed E-state index contributed by atoms with van der Waals surface area (Å²) in [5, 5.41) is 1.47. The van der Waals surface area contributed by atoms with E-state index in [1.165, 1.54) is 5.30 Å². The Labute approximate surface area is 82.6 Å². The predicted octanol–water partition coefficient (Wildman–Crippen LogP) is 2.68. The molecule has 0 spiro atoms. The molecule has 1 aromatic carbocycles. The number of rotatable bonds is 4. The molecule has 0 amide bonds. The van der Waals surface area contributed by atoms with E-state index in [0.717, 1.165) is 13.1 Å². The van der Waals surface area contributed by atoms with Gasteiger partial charge in [0.1, 0.15) is 0 Å². The lowest BCUT2D eigenvalue weighted by Crippen LogP contribution is -2.21. The molecule has 1 atom stereocenters. The summed E-state index contributed by atoms with van der Waals surface area (Å²) in [6, 6.07) is 10.8. The number of nitrogens with zero attached hydrogens (tertiary/aromatic N) is 1. The molecular weight excluding hydrogens is 177 g/mol. The standard InChI is InChI=1S/C11H18NP/c1-4-12(5-2)13(3)11-9-7-6-8-10-11/h6-10H,4-5H2,1-3H3. The van der Waals surface area contributed by atoms with Crippen LogP contribution in [0.2, 0.25) is 0 Å². The lowest BCUT2D eigenvalue weighted by atomic mass is 10.4. The van der Waals surface area contributed by atoms with Crippen molar-refractivity contribution in [1.82, 2.24) is 4.67 Å². The second-order valence-corrected chi connectivity index (χ2v) is 5.13. The molecule has 0 saturated carbocycles. The highest BCUT2D eigenvalue weighted by Gasteiger charge is 2.10. The van der Waals surface area contributed by atoms with Crippen LogP contribution in [0.5, 0.6) is 0 Å². The van der Waals surface area contributed by atoms with Crippen molar-refractivity contribution in [1.29, 1.82) is 0 Å². The van der Waals surface area contributed by atoms with Gasteiger partial charge < -0.3 is 0 Å². The largest absolute Gasteiger partial charge is 0.279 e. The topological polar surface area (TPSA) is 3.24 Å². The Bertz CT molecular complexity index is 231. The van der Waals surface area contributed by atoms with Crippen LogP contribution in [-0.2, 0) is 0 Å². The summed E-state index contributed by atoms with van der Waals surface area (Å²) < 4.78 is 2.52. The molecule has 0 aliphatic carbocycles. The predicted molar refractivity (Wildman–Crippen MR) is 61.8 cm³/mol. The molecule has 0 heterocycles. The molecular formula is C11H18NP. The zero-order valence-electron chi connectivity index (χ0n) is 8.70. The van der Waals surface area contributed by atoms with Crippen LogP contribution < -0.4 is 5.30 Å². The van der Waals surface area contributed by atoms with E-state index >= 15 is 0 Å². The first-order chi connectivity index (χ1) is 6.29. The van der Waals surface area contributed by atoms with Gasteiger partial charge in [-0.3, -0.25) is 4.67 Å². The number of hydrogen-bond acceptors (Lipinski definition) is 1. The third kappa shape index (κ3) is 2.79. The summed E-state index contributed by atoms with van der Waals surface area (Å²) in [5.41, 5.74) is 0. The van der Waals surface area contributed by atoms with Crippen LogP contribution in [0, 0.1) is 0 Å². The van der Waals surface area contributed by atoms with Crippen molar-refractivity contribution in [2.24, 2.45) is 0 Å². The molecule has 0 bridgehead atoms. The van der Waals surface area contributed by atoms with Crippen molar-refractivity contribution < 1.29 is 0 Å². The van der Waals surface area contributed by atoms with E-state index in [9.17, 15) is 0 Å². The highest BCUT2D eigenvalue weighted by molar-refractivity contribution is 7.62. The van der Waals surface area contributed by atoms with Gasteiger partial charge in [0.2, 0.25) is 0 Å². The zero-order valence-corrected chi connectivity index (χ0v) is 9.59. The van der Waals surface area contributed by atoms with Crippen LogP contribution in [0.15, 0.2) is 30.3 Å². The fourth-order valence-electron chi connectivity index (χ4n) is 1.45. The summed E-state index contributed by atoms with van der Waals surface area (Å²) in [4.78, 5) is 0. The van der Waals surface area contributed by atoms with E-state index in [-0.39, 0.29) is 8.07 Å². The van der Waals surface area contributed by atoms with E-state index in [4.69, 9.17) is 0 Å². The minimum atomic E-state index is -0.106. The molecule has 0 radical (unpaired) electrons. The Kier molecular flexibility index (Phi) is 4.41. The van der Waals surface area contributed by atoms with E-state index in [0.29, 0.717) is 0 Å². The maximum atomic E-state index is 2.52. The maximum absolute atomic E-state index is 2.52. The van der Waals surface area contributed by atoms with Crippen molar-refractivity contribution >= 4 is 13.4 Å². The third-order valence-electron chi connectivity index (χ3n) is 2.28. The molecule has 0 fully saturated rings. The monoisotopic (exact) mass is 195 g/mol. The summed E-state index contributed by atoms with van der Waals surface area (Å²) in [5.74, 6) is 0. The molecule has 1 aromatic rings. The maximum Gasteiger partial charge on any atom is -0.000493 e. The Balaban J connectivity index is 2.72. The SMILES string of the molecule is CCN(CC)P(C)c1ccccc1. The molecule has 0 aromatic heterocycles. The highest BCUT2D eigenvalue weighted by atomic mass is 31.1. The summed E-state index contributed by atoms with van der Waals surface area (Å²) in [7, 11) is -0.106. The molecule has 0 N–H and O–H groups in total. The summed E-state index contributed by atoms with van der Waals surface area (Å²) in [6.45, 7) is 9.08. The number of hydrogen-bond donors (Lipinski definition) is 0. The second kappa shape index (κ2) is 5.36. The number of benzene rings is 1. The fourth-order valence-corrected chi connectivity index (χ4v) is 3.23. The van der Waals surface area contributed by atoms with Crippen molar-refractivity contribution in [2.45, 2.75) is 13.8 Å². The van der Waals surface area contributed by atoms with Crippen LogP contribution >= 0.6 is 8.07 Å². The second-order valence-electron chi connectivity index (χ2n) is 3.00. The van der Waals surface area contributed by atoms with Crippen LogP contribution in [-0.4, -0.2) is 24.4 Å². The summed E-state index contributed by atoms with van der Waals surface area (Å²) in [6.07, 6.45) is 0. The highest BCUT2D eigenvalue weighted by Crippen LogP contribution is 2.33. The fraction of sp³-hybridized carbons (Fsp3) is 0.455. The van der Waals surface area contributed by atoms with Gasteiger partial charge in [0.25, 0.3) is 0 Å². The Morgan fingerprint density at radius 1 is 1.08 bits per heavy atom. The Hall–Kier alpha value is -0.390. The van der Waals surface area contributed by atoms with Crippen LogP contribution in [0.3, 0.4) is 0 Å². The molecule has 1 nitrogen and oxygen atoms in total. The van der Waals surface area contributed by atoms with Gasteiger partial charge in [0.05, 0.1) is 0 Å². The molecule has 0 saturated heterocycles.